The lowest BCUT2D eigenvalue weighted by Crippen LogP contribution is -2.67. The van der Waals surface area contributed by atoms with Crippen LogP contribution in [0.25, 0.3) is 0 Å². The molecule has 1 amide bonds. The van der Waals surface area contributed by atoms with Gasteiger partial charge in [0.1, 0.15) is 0 Å². The van der Waals surface area contributed by atoms with Crippen LogP contribution in [0.5, 0.6) is 0 Å². The zero-order valence-corrected chi connectivity index (χ0v) is 11.2. The molecule has 0 unspecified atom stereocenters. The molecule has 104 valence electrons. The second kappa shape index (κ2) is 4.05. The first-order valence-corrected chi connectivity index (χ1v) is 6.93. The molecule has 0 spiro atoms. The maximum Gasteiger partial charge on any atom is 0.356 e. The summed E-state index contributed by atoms with van der Waals surface area (Å²) in [6.45, 7) is 2.86. The Balaban J connectivity index is 2.04. The van der Waals surface area contributed by atoms with Crippen LogP contribution in [-0.4, -0.2) is 50.5 Å². The van der Waals surface area contributed by atoms with Gasteiger partial charge in [0.05, 0.1) is 12.9 Å². The highest BCUT2D eigenvalue weighted by Gasteiger charge is 2.59. The Morgan fingerprint density at radius 3 is 2.53 bits per heavy atom. The quantitative estimate of drug-likeness (QED) is 0.802. The molecule has 1 saturated heterocycles. The summed E-state index contributed by atoms with van der Waals surface area (Å²) in [7, 11) is -3.60. The third-order valence-electron chi connectivity index (χ3n) is 3.09. The monoisotopic (exact) mass is 287 g/mol. The maximum atomic E-state index is 11.8. The van der Waals surface area contributed by atoms with Crippen molar-refractivity contribution in [2.75, 3.05) is 6.54 Å². The Kier molecular flexibility index (Phi) is 2.89. The van der Waals surface area contributed by atoms with E-state index in [1.165, 1.54) is 30.9 Å². The third kappa shape index (κ3) is 1.89. The number of imidazole rings is 1. The summed E-state index contributed by atoms with van der Waals surface area (Å²) in [4.78, 5) is 25.9. The molecular weight excluding hydrogens is 274 g/mol. The van der Waals surface area contributed by atoms with Crippen molar-refractivity contribution < 1.29 is 23.1 Å². The molecule has 0 radical (unpaired) electrons. The van der Waals surface area contributed by atoms with Crippen LogP contribution in [-0.2, 0) is 21.4 Å². The average Bonchev–Trinajstić information content (AvgIpc) is 2.77. The number of carboxylic acids is 1. The summed E-state index contributed by atoms with van der Waals surface area (Å²) in [5.41, 5.74) is -0.127. The highest BCUT2D eigenvalue weighted by atomic mass is 32.2. The van der Waals surface area contributed by atoms with E-state index in [1.54, 1.807) is 0 Å². The number of hydrogen-bond acceptors (Lipinski definition) is 5. The standard InChI is InChI=1S/C10H13N3O5S/c1-10(2)9(16)13(19(10,17)18)4-3-12-5-7(8(14)15)11-6-12/h5-6H,3-4H2,1-2H3,(H,14,15). The number of hydrogen-bond donors (Lipinski definition) is 1. The summed E-state index contributed by atoms with van der Waals surface area (Å²) >= 11 is 0. The van der Waals surface area contributed by atoms with Crippen LogP contribution < -0.4 is 0 Å². The highest BCUT2D eigenvalue weighted by Crippen LogP contribution is 2.34. The minimum Gasteiger partial charge on any atom is -0.476 e. The molecule has 0 aliphatic carbocycles. The lowest BCUT2D eigenvalue weighted by Gasteiger charge is -2.43. The van der Waals surface area contributed by atoms with Crippen molar-refractivity contribution in [1.82, 2.24) is 13.9 Å². The second-order valence-electron chi connectivity index (χ2n) is 4.69. The zero-order chi connectivity index (χ0) is 14.4. The van der Waals surface area contributed by atoms with Crippen molar-refractivity contribution in [1.29, 1.82) is 0 Å². The molecular formula is C10H13N3O5S. The van der Waals surface area contributed by atoms with Gasteiger partial charge in [0.25, 0.3) is 15.9 Å². The molecule has 0 saturated carbocycles. The Labute approximate surface area is 109 Å². The summed E-state index contributed by atoms with van der Waals surface area (Å²) in [6, 6.07) is 0. The van der Waals surface area contributed by atoms with Crippen LogP contribution in [0.1, 0.15) is 24.3 Å². The predicted octanol–water partition coefficient (Wildman–Crippen LogP) is -0.468. The van der Waals surface area contributed by atoms with Crippen molar-refractivity contribution >= 4 is 21.9 Å². The van der Waals surface area contributed by atoms with E-state index in [-0.39, 0.29) is 18.8 Å². The molecule has 1 aromatic heterocycles. The third-order valence-corrected chi connectivity index (χ3v) is 5.48. The number of carboxylic acid groups (broad SMARTS) is 1. The van der Waals surface area contributed by atoms with Gasteiger partial charge in [0.2, 0.25) is 0 Å². The van der Waals surface area contributed by atoms with Gasteiger partial charge < -0.3 is 9.67 Å². The van der Waals surface area contributed by atoms with E-state index in [2.05, 4.69) is 4.98 Å². The molecule has 0 atom stereocenters. The Morgan fingerprint density at radius 1 is 1.42 bits per heavy atom. The van der Waals surface area contributed by atoms with E-state index < -0.39 is 26.6 Å². The minimum absolute atomic E-state index is 0.0278. The lowest BCUT2D eigenvalue weighted by atomic mass is 10.2. The number of aromatic nitrogens is 2. The molecule has 8 nitrogen and oxygen atoms in total. The average molecular weight is 287 g/mol. The fraction of sp³-hybridized carbons (Fsp3) is 0.500. The molecule has 1 aliphatic rings. The van der Waals surface area contributed by atoms with E-state index in [0.717, 1.165) is 4.31 Å². The van der Waals surface area contributed by atoms with E-state index in [4.69, 9.17) is 5.11 Å². The summed E-state index contributed by atoms with van der Waals surface area (Å²) in [5, 5.41) is 8.69. The van der Waals surface area contributed by atoms with Crippen LogP contribution in [0.15, 0.2) is 12.5 Å². The van der Waals surface area contributed by atoms with Gasteiger partial charge in [-0.05, 0) is 13.8 Å². The van der Waals surface area contributed by atoms with Crippen molar-refractivity contribution in [3.63, 3.8) is 0 Å². The van der Waals surface area contributed by atoms with Crippen molar-refractivity contribution in [3.8, 4) is 0 Å². The first-order chi connectivity index (χ1) is 8.68. The molecule has 0 aromatic carbocycles. The van der Waals surface area contributed by atoms with Gasteiger partial charge in [-0.3, -0.25) is 4.79 Å². The van der Waals surface area contributed by atoms with Gasteiger partial charge in [0.15, 0.2) is 10.4 Å². The number of aromatic carboxylic acids is 1. The largest absolute Gasteiger partial charge is 0.476 e. The molecule has 1 aliphatic heterocycles. The second-order valence-corrected chi connectivity index (χ2v) is 7.11. The van der Waals surface area contributed by atoms with Crippen LogP contribution in [0, 0.1) is 0 Å². The number of sulfonamides is 1. The van der Waals surface area contributed by atoms with Gasteiger partial charge in [-0.15, -0.1) is 0 Å². The number of rotatable bonds is 4. The fourth-order valence-corrected chi connectivity index (χ4v) is 3.30. The van der Waals surface area contributed by atoms with Gasteiger partial charge in [0, 0.05) is 12.7 Å². The van der Waals surface area contributed by atoms with Gasteiger partial charge in [-0.2, -0.15) is 0 Å². The number of amides is 1. The molecule has 1 fully saturated rings. The SMILES string of the molecule is CC1(C)C(=O)N(CCn2cnc(C(=O)O)c2)S1(=O)=O. The first-order valence-electron chi connectivity index (χ1n) is 5.49. The highest BCUT2D eigenvalue weighted by molar-refractivity contribution is 7.94. The van der Waals surface area contributed by atoms with E-state index in [1.807, 2.05) is 0 Å². The van der Waals surface area contributed by atoms with Gasteiger partial charge in [-0.25, -0.2) is 22.5 Å². The topological polar surface area (TPSA) is 110 Å². The van der Waals surface area contributed by atoms with Crippen LogP contribution in [0.2, 0.25) is 0 Å². The zero-order valence-electron chi connectivity index (χ0n) is 10.4. The summed E-state index contributed by atoms with van der Waals surface area (Å²) < 4.78 is 24.5. The summed E-state index contributed by atoms with van der Waals surface area (Å²) in [6.07, 6.45) is 2.57. The van der Waals surface area contributed by atoms with E-state index >= 15 is 0 Å². The van der Waals surface area contributed by atoms with Gasteiger partial charge in [-0.1, -0.05) is 0 Å². The molecule has 19 heavy (non-hydrogen) atoms. The van der Waals surface area contributed by atoms with Crippen molar-refractivity contribution in [3.05, 3.63) is 18.2 Å². The predicted molar refractivity (Wildman–Crippen MR) is 63.9 cm³/mol. The molecule has 9 heteroatoms. The molecule has 1 N–H and O–H groups in total. The molecule has 2 heterocycles. The normalized spacial score (nSPS) is 20.1. The smallest absolute Gasteiger partial charge is 0.356 e. The Bertz CT molecular complexity index is 646. The fourth-order valence-electron chi connectivity index (χ4n) is 1.78. The van der Waals surface area contributed by atoms with E-state index in [9.17, 15) is 18.0 Å². The van der Waals surface area contributed by atoms with Crippen LogP contribution in [0.4, 0.5) is 0 Å². The molecule has 0 bridgehead atoms. The van der Waals surface area contributed by atoms with Crippen LogP contribution in [0.3, 0.4) is 0 Å². The van der Waals surface area contributed by atoms with Crippen molar-refractivity contribution in [2.45, 2.75) is 25.1 Å². The Hall–Kier alpha value is -1.90. The number of carbonyl (C=O) groups is 2. The first kappa shape index (κ1) is 13.5. The summed E-state index contributed by atoms with van der Waals surface area (Å²) in [5.74, 6) is -1.61. The van der Waals surface area contributed by atoms with Gasteiger partial charge >= 0.3 is 5.97 Å². The minimum atomic E-state index is -3.60. The van der Waals surface area contributed by atoms with Crippen LogP contribution >= 0.6 is 0 Å². The molecule has 1 aromatic rings. The molecule has 2 rings (SSSR count). The number of carbonyl (C=O) groups excluding carboxylic acids is 1. The maximum absolute atomic E-state index is 11.8. The van der Waals surface area contributed by atoms with E-state index in [0.29, 0.717) is 0 Å². The van der Waals surface area contributed by atoms with Crippen molar-refractivity contribution in [2.24, 2.45) is 0 Å². The number of nitrogens with zero attached hydrogens (tertiary/aromatic N) is 3. The lowest BCUT2D eigenvalue weighted by molar-refractivity contribution is -0.132. The Morgan fingerprint density at radius 2 is 2.05 bits per heavy atom.